The van der Waals surface area contributed by atoms with Crippen LogP contribution in [0.5, 0.6) is 17.2 Å². The highest BCUT2D eigenvalue weighted by Crippen LogP contribution is 2.42. The van der Waals surface area contributed by atoms with Gasteiger partial charge in [0.1, 0.15) is 24.7 Å². The van der Waals surface area contributed by atoms with Crippen molar-refractivity contribution in [2.24, 2.45) is 0 Å². The van der Waals surface area contributed by atoms with Crippen molar-refractivity contribution in [2.45, 2.75) is 33.2 Å². The third kappa shape index (κ3) is 3.79. The first kappa shape index (κ1) is 21.7. The van der Waals surface area contributed by atoms with E-state index < -0.39 is 17.7 Å². The predicted molar refractivity (Wildman–Crippen MR) is 119 cm³/mol. The molecule has 32 heavy (non-hydrogen) atoms. The summed E-state index contributed by atoms with van der Waals surface area (Å²) >= 11 is 0. The summed E-state index contributed by atoms with van der Waals surface area (Å²) in [7, 11) is 0. The van der Waals surface area contributed by atoms with E-state index in [0.717, 1.165) is 5.56 Å². The summed E-state index contributed by atoms with van der Waals surface area (Å²) in [5.74, 6) is 0.382. The number of ether oxygens (including phenoxy) is 3. The van der Waals surface area contributed by atoms with Gasteiger partial charge in [-0.1, -0.05) is 13.0 Å². The number of benzene rings is 2. The Labute approximate surface area is 187 Å². The van der Waals surface area contributed by atoms with Gasteiger partial charge in [-0.05, 0) is 61.7 Å². The van der Waals surface area contributed by atoms with Crippen LogP contribution in [0, 0.1) is 6.92 Å². The molecule has 0 aromatic heterocycles. The SMILES string of the molecule is CCCN1C(=O)C(=O)/C(=C(\O)c2ccc(OCC)c(C)c2)C1c1ccc2c(c1)OCCO2. The van der Waals surface area contributed by atoms with Crippen molar-refractivity contribution in [1.82, 2.24) is 4.90 Å². The lowest BCUT2D eigenvalue weighted by atomic mass is 9.94. The predicted octanol–water partition coefficient (Wildman–Crippen LogP) is 4.00. The van der Waals surface area contributed by atoms with Gasteiger partial charge in [-0.25, -0.2) is 0 Å². The lowest BCUT2D eigenvalue weighted by molar-refractivity contribution is -0.139. The molecular formula is C25H27NO6. The van der Waals surface area contributed by atoms with Crippen LogP contribution in [0.2, 0.25) is 0 Å². The molecule has 1 unspecified atom stereocenters. The molecule has 1 amide bonds. The molecule has 1 saturated heterocycles. The average Bonchev–Trinajstić information content (AvgIpc) is 3.05. The molecule has 0 saturated carbocycles. The lowest BCUT2D eigenvalue weighted by Crippen LogP contribution is -2.30. The first-order valence-corrected chi connectivity index (χ1v) is 10.9. The number of nitrogens with zero attached hydrogens (tertiary/aromatic N) is 1. The number of likely N-dealkylation sites (tertiary alicyclic amines) is 1. The second kappa shape index (κ2) is 8.94. The highest BCUT2D eigenvalue weighted by molar-refractivity contribution is 6.46. The van der Waals surface area contributed by atoms with Crippen molar-refractivity contribution >= 4 is 17.4 Å². The van der Waals surface area contributed by atoms with Crippen LogP contribution >= 0.6 is 0 Å². The number of aryl methyl sites for hydroxylation is 1. The molecule has 1 N–H and O–H groups in total. The van der Waals surface area contributed by atoms with Crippen molar-refractivity contribution in [3.05, 3.63) is 58.7 Å². The molecule has 1 fully saturated rings. The summed E-state index contributed by atoms with van der Waals surface area (Å²) in [5, 5.41) is 11.2. The summed E-state index contributed by atoms with van der Waals surface area (Å²) in [6.45, 7) is 7.53. The molecule has 2 aliphatic heterocycles. The number of carbonyl (C=O) groups is 2. The minimum atomic E-state index is -0.711. The zero-order valence-corrected chi connectivity index (χ0v) is 18.5. The molecule has 168 valence electrons. The van der Waals surface area contributed by atoms with Gasteiger partial charge >= 0.3 is 0 Å². The van der Waals surface area contributed by atoms with Crippen LogP contribution in [-0.4, -0.2) is 48.1 Å². The van der Waals surface area contributed by atoms with Gasteiger partial charge in [-0.15, -0.1) is 0 Å². The van der Waals surface area contributed by atoms with E-state index in [9.17, 15) is 14.7 Å². The lowest BCUT2D eigenvalue weighted by Gasteiger charge is -2.26. The van der Waals surface area contributed by atoms with Crippen LogP contribution in [0.15, 0.2) is 42.0 Å². The number of Topliss-reactive ketones (excluding diaryl/α,β-unsaturated/α-hetero) is 1. The summed E-state index contributed by atoms with van der Waals surface area (Å²) in [6, 6.07) is 9.87. The molecule has 2 aromatic carbocycles. The fourth-order valence-electron chi connectivity index (χ4n) is 4.20. The Bertz CT molecular complexity index is 1090. The van der Waals surface area contributed by atoms with Crippen LogP contribution in [0.1, 0.15) is 43.0 Å². The maximum absolute atomic E-state index is 13.0. The van der Waals surface area contributed by atoms with E-state index in [0.29, 0.717) is 61.2 Å². The second-order valence-electron chi connectivity index (χ2n) is 7.81. The van der Waals surface area contributed by atoms with Crippen molar-refractivity contribution in [3.63, 3.8) is 0 Å². The first-order chi connectivity index (χ1) is 15.5. The van der Waals surface area contributed by atoms with Gasteiger partial charge in [0.25, 0.3) is 11.7 Å². The monoisotopic (exact) mass is 437 g/mol. The van der Waals surface area contributed by atoms with Gasteiger partial charge < -0.3 is 24.2 Å². The fraction of sp³-hybridized carbons (Fsp3) is 0.360. The number of ketones is 1. The zero-order chi connectivity index (χ0) is 22.8. The van der Waals surface area contributed by atoms with Crippen molar-refractivity contribution in [2.75, 3.05) is 26.4 Å². The molecule has 0 aliphatic carbocycles. The highest BCUT2D eigenvalue weighted by Gasteiger charge is 2.46. The smallest absolute Gasteiger partial charge is 0.295 e. The number of aliphatic hydroxyl groups is 1. The Morgan fingerprint density at radius 2 is 1.84 bits per heavy atom. The maximum atomic E-state index is 13.0. The van der Waals surface area contributed by atoms with Crippen LogP contribution in [-0.2, 0) is 9.59 Å². The number of fused-ring (bicyclic) bond motifs is 1. The van der Waals surface area contributed by atoms with Crippen LogP contribution < -0.4 is 14.2 Å². The van der Waals surface area contributed by atoms with Crippen molar-refractivity contribution < 1.29 is 28.9 Å². The molecule has 4 rings (SSSR count). The zero-order valence-electron chi connectivity index (χ0n) is 18.5. The van der Waals surface area contributed by atoms with E-state index in [1.807, 2.05) is 26.8 Å². The number of amides is 1. The molecule has 0 radical (unpaired) electrons. The summed E-state index contributed by atoms with van der Waals surface area (Å²) < 4.78 is 16.9. The Kier molecular flexibility index (Phi) is 6.08. The van der Waals surface area contributed by atoms with Gasteiger partial charge in [0, 0.05) is 12.1 Å². The first-order valence-electron chi connectivity index (χ1n) is 10.9. The van der Waals surface area contributed by atoms with Gasteiger partial charge in [0.15, 0.2) is 11.5 Å². The summed E-state index contributed by atoms with van der Waals surface area (Å²) in [6.07, 6.45) is 0.677. The van der Waals surface area contributed by atoms with Crippen molar-refractivity contribution in [3.8, 4) is 17.2 Å². The Morgan fingerprint density at radius 1 is 1.09 bits per heavy atom. The van der Waals surface area contributed by atoms with Crippen molar-refractivity contribution in [1.29, 1.82) is 0 Å². The molecule has 1 atom stereocenters. The van der Waals surface area contributed by atoms with Gasteiger partial charge in [-0.3, -0.25) is 9.59 Å². The normalized spacial score (nSPS) is 19.3. The van der Waals surface area contributed by atoms with E-state index >= 15 is 0 Å². The van der Waals surface area contributed by atoms with Crippen LogP contribution in [0.4, 0.5) is 0 Å². The topological polar surface area (TPSA) is 85.3 Å². The van der Waals surface area contributed by atoms with E-state index in [-0.39, 0.29) is 11.3 Å². The molecule has 0 spiro atoms. The van der Waals surface area contributed by atoms with Gasteiger partial charge in [-0.2, -0.15) is 0 Å². The Balaban J connectivity index is 1.83. The molecule has 7 heteroatoms. The maximum Gasteiger partial charge on any atom is 0.295 e. The molecule has 2 aromatic rings. The molecule has 2 aliphatic rings. The molecule has 0 bridgehead atoms. The number of rotatable bonds is 6. The quantitative estimate of drug-likeness (QED) is 0.418. The number of aliphatic hydroxyl groups excluding tert-OH is 1. The van der Waals surface area contributed by atoms with E-state index in [1.54, 1.807) is 30.3 Å². The Hall–Kier alpha value is -3.48. The Morgan fingerprint density at radius 3 is 2.53 bits per heavy atom. The average molecular weight is 437 g/mol. The van der Waals surface area contributed by atoms with Gasteiger partial charge in [0.2, 0.25) is 0 Å². The van der Waals surface area contributed by atoms with E-state index in [4.69, 9.17) is 14.2 Å². The van der Waals surface area contributed by atoms with Gasteiger partial charge in [0.05, 0.1) is 18.2 Å². The number of hydrogen-bond donors (Lipinski definition) is 1. The molecule has 7 nitrogen and oxygen atoms in total. The molecular weight excluding hydrogens is 410 g/mol. The standard InChI is InChI=1S/C25H27NO6/c1-4-10-26-22(16-6-9-19-20(14-16)32-12-11-31-19)21(24(28)25(26)29)23(27)17-7-8-18(30-5-2)15(3)13-17/h6-9,13-14,22,27H,4-5,10-12H2,1-3H3/b23-21-. The largest absolute Gasteiger partial charge is 0.507 e. The van der Waals surface area contributed by atoms with E-state index in [1.165, 1.54) is 4.90 Å². The number of carbonyl (C=O) groups excluding carboxylic acids is 2. The number of hydrogen-bond acceptors (Lipinski definition) is 6. The highest BCUT2D eigenvalue weighted by atomic mass is 16.6. The van der Waals surface area contributed by atoms with Crippen LogP contribution in [0.25, 0.3) is 5.76 Å². The summed E-state index contributed by atoms with van der Waals surface area (Å²) in [5.41, 5.74) is 2.05. The minimum Gasteiger partial charge on any atom is -0.507 e. The molecule has 2 heterocycles. The second-order valence-corrected chi connectivity index (χ2v) is 7.81. The van der Waals surface area contributed by atoms with E-state index in [2.05, 4.69) is 0 Å². The summed E-state index contributed by atoms with van der Waals surface area (Å²) in [4.78, 5) is 27.4. The third-order valence-electron chi connectivity index (χ3n) is 5.63. The fourth-order valence-corrected chi connectivity index (χ4v) is 4.20. The minimum absolute atomic E-state index is 0.0729. The third-order valence-corrected chi connectivity index (χ3v) is 5.63. The van der Waals surface area contributed by atoms with Crippen LogP contribution in [0.3, 0.4) is 0 Å².